The third-order valence-electron chi connectivity index (χ3n) is 1.28. The molecule has 0 atom stereocenters. The van der Waals surface area contributed by atoms with Gasteiger partial charge in [-0.1, -0.05) is 12.1 Å². The molecule has 0 aromatic heterocycles. The fourth-order valence-electron chi connectivity index (χ4n) is 0.732. The van der Waals surface area contributed by atoms with E-state index in [1.54, 1.807) is 0 Å². The average Bonchev–Trinajstić information content (AvgIpc) is 2.09. The number of benzene rings is 1. The number of alkyl halides is 3. The van der Waals surface area contributed by atoms with Crippen LogP contribution in [0.3, 0.4) is 0 Å². The molecule has 13 heavy (non-hydrogen) atoms. The average molecular weight is 192 g/mol. The van der Waals surface area contributed by atoms with Gasteiger partial charge in [-0.2, -0.15) is 8.78 Å². The first-order valence-electron chi connectivity index (χ1n) is 3.46. The molecule has 0 aliphatic rings. The molecule has 0 aliphatic carbocycles. The van der Waals surface area contributed by atoms with Crippen LogP contribution in [-0.4, -0.2) is 17.9 Å². The number of rotatable bonds is 3. The highest BCUT2D eigenvalue weighted by atomic mass is 19.3. The molecule has 5 heteroatoms. The molecular formula is C8H7F3O2. The number of para-hydroxylation sites is 2. The van der Waals surface area contributed by atoms with Gasteiger partial charge in [-0.25, -0.2) is 4.39 Å². The number of hydrogen-bond donors (Lipinski definition) is 1. The zero-order valence-electron chi connectivity index (χ0n) is 6.51. The monoisotopic (exact) mass is 192 g/mol. The van der Waals surface area contributed by atoms with E-state index < -0.39 is 24.3 Å². The molecule has 0 saturated heterocycles. The molecule has 1 aromatic rings. The molecule has 72 valence electrons. The van der Waals surface area contributed by atoms with Gasteiger partial charge in [-0.15, -0.1) is 0 Å². The van der Waals surface area contributed by atoms with E-state index in [4.69, 9.17) is 5.11 Å². The van der Waals surface area contributed by atoms with Gasteiger partial charge in [0.25, 0.3) is 0 Å². The molecule has 0 unspecified atom stereocenters. The van der Waals surface area contributed by atoms with Crippen LogP contribution >= 0.6 is 0 Å². The number of aromatic hydroxyl groups is 1. The molecule has 0 fully saturated rings. The Morgan fingerprint density at radius 1 is 1.31 bits per heavy atom. The smallest absolute Gasteiger partial charge is 0.427 e. The second-order valence-corrected chi connectivity index (χ2v) is 2.34. The van der Waals surface area contributed by atoms with Gasteiger partial charge in [0, 0.05) is 0 Å². The van der Waals surface area contributed by atoms with Crippen LogP contribution in [0.2, 0.25) is 0 Å². The van der Waals surface area contributed by atoms with Crippen molar-refractivity contribution in [2.75, 3.05) is 6.67 Å². The minimum Gasteiger partial charge on any atom is -0.504 e. The molecule has 1 rings (SSSR count). The summed E-state index contributed by atoms with van der Waals surface area (Å²) in [6.45, 7) is -1.93. The molecular weight excluding hydrogens is 185 g/mol. The Kier molecular flexibility index (Phi) is 2.65. The van der Waals surface area contributed by atoms with Crippen LogP contribution < -0.4 is 4.74 Å². The van der Waals surface area contributed by atoms with Crippen molar-refractivity contribution in [1.82, 2.24) is 0 Å². The molecule has 0 amide bonds. The summed E-state index contributed by atoms with van der Waals surface area (Å²) in [5.74, 6) is -0.888. The van der Waals surface area contributed by atoms with Crippen molar-refractivity contribution in [2.45, 2.75) is 6.11 Å². The van der Waals surface area contributed by atoms with E-state index in [2.05, 4.69) is 4.74 Å². The summed E-state index contributed by atoms with van der Waals surface area (Å²) in [6.07, 6.45) is -3.89. The van der Waals surface area contributed by atoms with Gasteiger partial charge in [0.2, 0.25) is 0 Å². The summed E-state index contributed by atoms with van der Waals surface area (Å²) in [6, 6.07) is 5.13. The second-order valence-electron chi connectivity index (χ2n) is 2.34. The maximum atomic E-state index is 12.3. The van der Waals surface area contributed by atoms with Crippen molar-refractivity contribution in [3.63, 3.8) is 0 Å². The Labute approximate surface area is 72.6 Å². The van der Waals surface area contributed by atoms with Crippen molar-refractivity contribution in [3.8, 4) is 11.5 Å². The van der Waals surface area contributed by atoms with Crippen LogP contribution in [0.5, 0.6) is 11.5 Å². The van der Waals surface area contributed by atoms with Crippen molar-refractivity contribution in [3.05, 3.63) is 24.3 Å². The van der Waals surface area contributed by atoms with Crippen LogP contribution in [0.1, 0.15) is 0 Å². The lowest BCUT2D eigenvalue weighted by Gasteiger charge is -2.14. The number of halogens is 3. The molecule has 2 nitrogen and oxygen atoms in total. The minimum absolute atomic E-state index is 0.440. The van der Waals surface area contributed by atoms with Gasteiger partial charge in [0.15, 0.2) is 18.2 Å². The van der Waals surface area contributed by atoms with Gasteiger partial charge in [-0.3, -0.25) is 0 Å². The molecule has 0 spiro atoms. The highest BCUT2D eigenvalue weighted by Crippen LogP contribution is 2.29. The lowest BCUT2D eigenvalue weighted by Crippen LogP contribution is -2.26. The van der Waals surface area contributed by atoms with Gasteiger partial charge in [-0.05, 0) is 12.1 Å². The Hall–Kier alpha value is -1.39. The van der Waals surface area contributed by atoms with Crippen LogP contribution in [0, 0.1) is 0 Å². The predicted octanol–water partition coefficient (Wildman–Crippen LogP) is 2.33. The van der Waals surface area contributed by atoms with Crippen molar-refractivity contribution < 1.29 is 23.0 Å². The number of hydrogen-bond acceptors (Lipinski definition) is 2. The highest BCUT2D eigenvalue weighted by Gasteiger charge is 2.32. The summed E-state index contributed by atoms with van der Waals surface area (Å²) in [7, 11) is 0. The van der Waals surface area contributed by atoms with Gasteiger partial charge >= 0.3 is 6.11 Å². The molecule has 1 aromatic carbocycles. The number of ether oxygens (including phenoxy) is 1. The van der Waals surface area contributed by atoms with Crippen LogP contribution in [0.4, 0.5) is 13.2 Å². The first-order chi connectivity index (χ1) is 6.05. The van der Waals surface area contributed by atoms with Crippen molar-refractivity contribution in [1.29, 1.82) is 0 Å². The fraction of sp³-hybridized carbons (Fsp3) is 0.250. The zero-order chi connectivity index (χ0) is 9.90. The highest BCUT2D eigenvalue weighted by molar-refractivity contribution is 5.38. The Morgan fingerprint density at radius 2 is 1.92 bits per heavy atom. The lowest BCUT2D eigenvalue weighted by molar-refractivity contribution is -0.187. The summed E-state index contributed by atoms with van der Waals surface area (Å²) >= 11 is 0. The van der Waals surface area contributed by atoms with E-state index in [1.807, 2.05) is 0 Å². The van der Waals surface area contributed by atoms with E-state index in [0.29, 0.717) is 0 Å². The lowest BCUT2D eigenvalue weighted by atomic mass is 10.3. The predicted molar refractivity (Wildman–Crippen MR) is 39.7 cm³/mol. The molecule has 0 aliphatic heterocycles. The first-order valence-corrected chi connectivity index (χ1v) is 3.46. The quantitative estimate of drug-likeness (QED) is 0.796. The summed E-state index contributed by atoms with van der Waals surface area (Å²) < 4.78 is 40.2. The maximum absolute atomic E-state index is 12.3. The largest absolute Gasteiger partial charge is 0.504 e. The van der Waals surface area contributed by atoms with E-state index in [-0.39, 0.29) is 0 Å². The topological polar surface area (TPSA) is 29.5 Å². The van der Waals surface area contributed by atoms with Gasteiger partial charge in [0.1, 0.15) is 0 Å². The molecule has 1 N–H and O–H groups in total. The van der Waals surface area contributed by atoms with Gasteiger partial charge < -0.3 is 9.84 Å². The summed E-state index contributed by atoms with van der Waals surface area (Å²) in [5.41, 5.74) is 0. The van der Waals surface area contributed by atoms with Crippen LogP contribution in [0.25, 0.3) is 0 Å². The fourth-order valence-corrected chi connectivity index (χ4v) is 0.732. The standard InChI is InChI=1S/C8H7F3O2/c9-5-8(10,11)13-7-4-2-1-3-6(7)12/h1-4,12H,5H2. The van der Waals surface area contributed by atoms with E-state index in [9.17, 15) is 13.2 Å². The molecule has 0 bridgehead atoms. The first kappa shape index (κ1) is 9.70. The van der Waals surface area contributed by atoms with Crippen LogP contribution in [0.15, 0.2) is 24.3 Å². The molecule has 0 heterocycles. The third-order valence-corrected chi connectivity index (χ3v) is 1.28. The Balaban J connectivity index is 2.80. The van der Waals surface area contributed by atoms with Crippen LogP contribution in [-0.2, 0) is 0 Å². The summed E-state index contributed by atoms with van der Waals surface area (Å²) in [5, 5.41) is 8.99. The van der Waals surface area contributed by atoms with E-state index >= 15 is 0 Å². The van der Waals surface area contributed by atoms with E-state index in [0.717, 1.165) is 6.07 Å². The summed E-state index contributed by atoms with van der Waals surface area (Å²) in [4.78, 5) is 0. The normalized spacial score (nSPS) is 11.3. The SMILES string of the molecule is Oc1ccccc1OC(F)(F)CF. The minimum atomic E-state index is -3.89. The Bertz CT molecular complexity index is 288. The maximum Gasteiger partial charge on any atom is 0.427 e. The van der Waals surface area contributed by atoms with Crippen molar-refractivity contribution in [2.24, 2.45) is 0 Å². The number of phenols is 1. The van der Waals surface area contributed by atoms with Gasteiger partial charge in [0.05, 0.1) is 0 Å². The van der Waals surface area contributed by atoms with E-state index in [1.165, 1.54) is 18.2 Å². The second kappa shape index (κ2) is 3.55. The molecule has 0 radical (unpaired) electrons. The third kappa shape index (κ3) is 2.54. The van der Waals surface area contributed by atoms with Crippen molar-refractivity contribution >= 4 is 0 Å². The molecule has 0 saturated carbocycles. The number of phenolic OH excluding ortho intramolecular Hbond substituents is 1. The zero-order valence-corrected chi connectivity index (χ0v) is 6.51. The Morgan fingerprint density at radius 3 is 2.46 bits per heavy atom.